The maximum atomic E-state index is 4.54. The topological polar surface area (TPSA) is 12.9 Å². The molecule has 17 heavy (non-hydrogen) atoms. The number of benzene rings is 2. The first-order valence-corrected chi connectivity index (χ1v) is 5.88. The Morgan fingerprint density at radius 2 is 1.65 bits per heavy atom. The molecule has 0 radical (unpaired) electrons. The first-order chi connectivity index (χ1) is 8.43. The molecule has 1 aliphatic carbocycles. The van der Waals surface area contributed by atoms with Gasteiger partial charge in [0.05, 0.1) is 5.52 Å². The molecule has 3 aromatic rings. The van der Waals surface area contributed by atoms with Crippen LogP contribution in [0.2, 0.25) is 0 Å². The monoisotopic (exact) mass is 217 g/mol. The highest BCUT2D eigenvalue weighted by molar-refractivity contribution is 5.98. The van der Waals surface area contributed by atoms with Crippen molar-refractivity contribution in [2.75, 3.05) is 0 Å². The Kier molecular flexibility index (Phi) is 1.67. The van der Waals surface area contributed by atoms with E-state index in [1.807, 2.05) is 12.3 Å². The smallest absolute Gasteiger partial charge is 0.0708 e. The molecule has 0 saturated heterocycles. The molecule has 4 rings (SSSR count). The zero-order valence-corrected chi connectivity index (χ0v) is 9.35. The number of aromatic nitrogens is 1. The summed E-state index contributed by atoms with van der Waals surface area (Å²) in [5.41, 5.74) is 6.61. The zero-order chi connectivity index (χ0) is 11.2. The number of hydrogen-bond donors (Lipinski definition) is 0. The summed E-state index contributed by atoms with van der Waals surface area (Å²) >= 11 is 0. The van der Waals surface area contributed by atoms with Gasteiger partial charge in [0, 0.05) is 18.0 Å². The Hall–Kier alpha value is -2.15. The molecule has 0 bridgehead atoms. The molecule has 0 unspecified atom stereocenters. The van der Waals surface area contributed by atoms with Crippen LogP contribution in [0.25, 0.3) is 22.0 Å². The van der Waals surface area contributed by atoms with Crippen molar-refractivity contribution in [3.05, 3.63) is 65.9 Å². The van der Waals surface area contributed by atoms with Gasteiger partial charge < -0.3 is 0 Å². The number of fused-ring (bicyclic) bond motifs is 5. The van der Waals surface area contributed by atoms with E-state index < -0.39 is 0 Å². The molecule has 80 valence electrons. The van der Waals surface area contributed by atoms with E-state index in [0.717, 1.165) is 11.9 Å². The molecular formula is C16H11N. The quantitative estimate of drug-likeness (QED) is 0.436. The van der Waals surface area contributed by atoms with Crippen LogP contribution in [0.3, 0.4) is 0 Å². The van der Waals surface area contributed by atoms with Crippen LogP contribution in [-0.2, 0) is 6.42 Å². The second-order valence-electron chi connectivity index (χ2n) is 4.51. The Balaban J connectivity index is 2.17. The van der Waals surface area contributed by atoms with Gasteiger partial charge in [-0.25, -0.2) is 0 Å². The van der Waals surface area contributed by atoms with Crippen molar-refractivity contribution in [1.29, 1.82) is 0 Å². The van der Waals surface area contributed by atoms with Gasteiger partial charge >= 0.3 is 0 Å². The van der Waals surface area contributed by atoms with Crippen LogP contribution in [-0.4, -0.2) is 4.98 Å². The van der Waals surface area contributed by atoms with Gasteiger partial charge in [-0.2, -0.15) is 0 Å². The highest BCUT2D eigenvalue weighted by atomic mass is 14.7. The van der Waals surface area contributed by atoms with Crippen molar-refractivity contribution in [2.24, 2.45) is 0 Å². The fourth-order valence-corrected chi connectivity index (χ4v) is 2.76. The Labute approximate surface area is 99.7 Å². The van der Waals surface area contributed by atoms with Gasteiger partial charge in [-0.05, 0) is 28.3 Å². The van der Waals surface area contributed by atoms with E-state index in [0.29, 0.717) is 0 Å². The molecule has 2 aromatic carbocycles. The lowest BCUT2D eigenvalue weighted by Gasteiger charge is -2.05. The van der Waals surface area contributed by atoms with E-state index in [9.17, 15) is 0 Å². The van der Waals surface area contributed by atoms with Crippen LogP contribution in [0, 0.1) is 0 Å². The van der Waals surface area contributed by atoms with Gasteiger partial charge in [0.15, 0.2) is 0 Å². The molecule has 0 atom stereocenters. The van der Waals surface area contributed by atoms with Crippen LogP contribution in [0.1, 0.15) is 11.1 Å². The summed E-state index contributed by atoms with van der Waals surface area (Å²) in [4.78, 5) is 4.54. The van der Waals surface area contributed by atoms with Crippen LogP contribution in [0.5, 0.6) is 0 Å². The van der Waals surface area contributed by atoms with Crippen LogP contribution < -0.4 is 0 Å². The molecule has 0 fully saturated rings. The molecule has 1 aromatic heterocycles. The lowest BCUT2D eigenvalue weighted by Crippen LogP contribution is -1.85. The second-order valence-corrected chi connectivity index (χ2v) is 4.51. The summed E-state index contributed by atoms with van der Waals surface area (Å²) in [5, 5.41) is 1.27. The summed E-state index contributed by atoms with van der Waals surface area (Å²) < 4.78 is 0. The normalized spacial score (nSPS) is 12.5. The Morgan fingerprint density at radius 3 is 2.65 bits per heavy atom. The predicted octanol–water partition coefficient (Wildman–Crippen LogP) is 3.81. The lowest BCUT2D eigenvalue weighted by molar-refractivity contribution is 1.22. The van der Waals surface area contributed by atoms with Crippen molar-refractivity contribution in [1.82, 2.24) is 4.98 Å². The number of rotatable bonds is 0. The number of para-hydroxylation sites is 1. The molecule has 1 heterocycles. The van der Waals surface area contributed by atoms with Crippen molar-refractivity contribution in [2.45, 2.75) is 6.42 Å². The highest BCUT2D eigenvalue weighted by Crippen LogP contribution is 2.40. The fourth-order valence-electron chi connectivity index (χ4n) is 2.76. The first kappa shape index (κ1) is 8.94. The van der Waals surface area contributed by atoms with E-state index in [1.165, 1.54) is 27.6 Å². The van der Waals surface area contributed by atoms with E-state index in [1.54, 1.807) is 0 Å². The molecule has 0 N–H and O–H groups in total. The van der Waals surface area contributed by atoms with E-state index in [4.69, 9.17) is 0 Å². The molecule has 1 heteroatoms. The molecule has 0 amide bonds. The minimum atomic E-state index is 1.02. The van der Waals surface area contributed by atoms with Crippen molar-refractivity contribution < 1.29 is 0 Å². The molecule has 1 nitrogen and oxygen atoms in total. The van der Waals surface area contributed by atoms with Gasteiger partial charge in [0.2, 0.25) is 0 Å². The second kappa shape index (κ2) is 3.17. The average Bonchev–Trinajstić information content (AvgIpc) is 2.77. The van der Waals surface area contributed by atoms with Gasteiger partial charge in [0.1, 0.15) is 0 Å². The molecule has 0 aliphatic heterocycles. The molecule has 1 aliphatic rings. The van der Waals surface area contributed by atoms with Gasteiger partial charge in [-0.15, -0.1) is 0 Å². The standard InChI is InChI=1S/C16H11N/c1-2-6-13-11(5-1)9-12-10-17-15-8-4-3-7-14(15)16(12)13/h1-8,10H,9H2. The summed E-state index contributed by atoms with van der Waals surface area (Å²) in [7, 11) is 0. The average molecular weight is 217 g/mol. The summed E-state index contributed by atoms with van der Waals surface area (Å²) in [6.07, 6.45) is 3.04. The SMILES string of the molecule is c1ccc2c(c1)Cc1cnc3ccccc3c1-2. The van der Waals surface area contributed by atoms with E-state index in [-0.39, 0.29) is 0 Å². The van der Waals surface area contributed by atoms with Gasteiger partial charge in [-0.3, -0.25) is 4.98 Å². The summed E-state index contributed by atoms with van der Waals surface area (Å²) in [5.74, 6) is 0. The first-order valence-electron chi connectivity index (χ1n) is 5.88. The molecular weight excluding hydrogens is 206 g/mol. The van der Waals surface area contributed by atoms with Crippen LogP contribution in [0.4, 0.5) is 0 Å². The summed E-state index contributed by atoms with van der Waals surface area (Å²) in [6, 6.07) is 17.0. The largest absolute Gasteiger partial charge is 0.256 e. The van der Waals surface area contributed by atoms with Crippen molar-refractivity contribution in [3.8, 4) is 11.1 Å². The minimum Gasteiger partial charge on any atom is -0.256 e. The van der Waals surface area contributed by atoms with Crippen molar-refractivity contribution >= 4 is 10.9 Å². The zero-order valence-electron chi connectivity index (χ0n) is 9.35. The molecule has 0 saturated carbocycles. The van der Waals surface area contributed by atoms with Crippen molar-refractivity contribution in [3.63, 3.8) is 0 Å². The van der Waals surface area contributed by atoms with Crippen LogP contribution in [0.15, 0.2) is 54.7 Å². The number of pyridine rings is 1. The third kappa shape index (κ3) is 1.17. The van der Waals surface area contributed by atoms with Gasteiger partial charge in [-0.1, -0.05) is 42.5 Å². The summed E-state index contributed by atoms with van der Waals surface area (Å²) in [6.45, 7) is 0. The number of nitrogens with zero attached hydrogens (tertiary/aromatic N) is 1. The maximum absolute atomic E-state index is 4.54. The lowest BCUT2D eigenvalue weighted by atomic mass is 10.0. The molecule has 0 spiro atoms. The highest BCUT2D eigenvalue weighted by Gasteiger charge is 2.20. The van der Waals surface area contributed by atoms with Crippen LogP contribution >= 0.6 is 0 Å². The third-order valence-electron chi connectivity index (χ3n) is 3.52. The predicted molar refractivity (Wildman–Crippen MR) is 70.0 cm³/mol. The number of hydrogen-bond acceptors (Lipinski definition) is 1. The third-order valence-corrected chi connectivity index (χ3v) is 3.52. The Bertz CT molecular complexity index is 728. The fraction of sp³-hybridized carbons (Fsp3) is 0.0625. The van der Waals surface area contributed by atoms with Gasteiger partial charge in [0.25, 0.3) is 0 Å². The van der Waals surface area contributed by atoms with E-state index in [2.05, 4.69) is 47.4 Å². The maximum Gasteiger partial charge on any atom is 0.0708 e. The Morgan fingerprint density at radius 1 is 0.824 bits per heavy atom. The minimum absolute atomic E-state index is 1.02. The van der Waals surface area contributed by atoms with E-state index >= 15 is 0 Å².